The van der Waals surface area contributed by atoms with Gasteiger partial charge in [-0.2, -0.15) is 26.3 Å². The highest BCUT2D eigenvalue weighted by molar-refractivity contribution is 6.27. The van der Waals surface area contributed by atoms with Crippen molar-refractivity contribution in [1.82, 2.24) is 15.1 Å². The van der Waals surface area contributed by atoms with Crippen LogP contribution in [0.15, 0.2) is 48.5 Å². The molecule has 0 aliphatic carbocycles. The number of amides is 3. The second-order valence-electron chi connectivity index (χ2n) is 12.3. The summed E-state index contributed by atoms with van der Waals surface area (Å²) in [5, 5.41) is 2.88. The molecule has 0 radical (unpaired) electrons. The average molecular weight is 694 g/mol. The molecule has 3 unspecified atom stereocenters. The molecule has 0 saturated carbocycles. The third-order valence-corrected chi connectivity index (χ3v) is 8.87. The third kappa shape index (κ3) is 9.82. The minimum atomic E-state index is -4.96. The maximum atomic E-state index is 13.2. The Morgan fingerprint density at radius 2 is 1.57 bits per heavy atom. The van der Waals surface area contributed by atoms with Crippen LogP contribution in [0.5, 0.6) is 0 Å². The van der Waals surface area contributed by atoms with Gasteiger partial charge < -0.3 is 19.9 Å². The minimum Gasteiger partial charge on any atom is -0.372 e. The summed E-state index contributed by atoms with van der Waals surface area (Å²) < 4.78 is 96.5. The van der Waals surface area contributed by atoms with Crippen molar-refractivity contribution in [3.05, 3.63) is 71.0 Å². The molecule has 3 fully saturated rings. The smallest absolute Gasteiger partial charge is 0.372 e. The fraction of sp³-hybridized carbons (Fsp3) is 0.531. The second kappa shape index (κ2) is 14.8. The normalized spacial score (nSPS) is 22.7. The number of piperidine rings is 2. The first-order valence-corrected chi connectivity index (χ1v) is 15.6. The molecular weight excluding hydrogens is 659 g/mol. The summed E-state index contributed by atoms with van der Waals surface area (Å²) >= 11 is 5.57. The Balaban J connectivity index is 0.000000632. The van der Waals surface area contributed by atoms with Crippen LogP contribution in [0.3, 0.4) is 0 Å². The van der Waals surface area contributed by atoms with Crippen molar-refractivity contribution in [2.45, 2.75) is 75.7 Å². The van der Waals surface area contributed by atoms with E-state index in [9.17, 15) is 45.1 Å². The van der Waals surface area contributed by atoms with Gasteiger partial charge in [0.1, 0.15) is 11.7 Å². The van der Waals surface area contributed by atoms with Crippen LogP contribution in [-0.2, 0) is 38.1 Å². The molecule has 3 amide bonds. The van der Waals surface area contributed by atoms with E-state index in [2.05, 4.69) is 5.32 Å². The molecule has 3 atom stereocenters. The van der Waals surface area contributed by atoms with E-state index in [1.165, 1.54) is 12.1 Å². The monoisotopic (exact) mass is 693 g/mol. The Bertz CT molecular complexity index is 1380. The van der Waals surface area contributed by atoms with Gasteiger partial charge in [-0.15, -0.1) is 11.6 Å². The molecule has 258 valence electrons. The van der Waals surface area contributed by atoms with Gasteiger partial charge in [-0.3, -0.25) is 14.4 Å². The standard InChI is InChI=1S/C26H30ClF6N3O4.C6H5F/c1-24(34-21(37)12-27)2-4-35(5-3-24)23(39)16-8-19-11-20(13-36(19)22(38)9-16)40-14-15-6-17(25(28,29)30)10-18(7-15)26(31,32)33;7-6-4-2-1-3-5-6/h6-7,10,16,19-20H,2-5,8-9,11-14H2,1H3,(H,34,37);1-5H. The summed E-state index contributed by atoms with van der Waals surface area (Å²) in [5.41, 5.74) is -3.58. The second-order valence-corrected chi connectivity index (χ2v) is 12.6. The van der Waals surface area contributed by atoms with Crippen LogP contribution >= 0.6 is 11.6 Å². The summed E-state index contributed by atoms with van der Waals surface area (Å²) in [7, 11) is 0. The molecule has 0 bridgehead atoms. The molecule has 2 aromatic rings. The lowest BCUT2D eigenvalue weighted by atomic mass is 9.86. The molecule has 15 heteroatoms. The van der Waals surface area contributed by atoms with Gasteiger partial charge in [0.2, 0.25) is 17.7 Å². The van der Waals surface area contributed by atoms with Gasteiger partial charge in [0.15, 0.2) is 0 Å². The number of carbonyl (C=O) groups excluding carboxylic acids is 3. The summed E-state index contributed by atoms with van der Waals surface area (Å²) in [6.45, 7) is 2.39. The number of ether oxygens (including phenoxy) is 1. The number of hydrogen-bond acceptors (Lipinski definition) is 4. The lowest BCUT2D eigenvalue weighted by Crippen LogP contribution is -2.56. The maximum Gasteiger partial charge on any atom is 0.416 e. The Morgan fingerprint density at radius 3 is 2.09 bits per heavy atom. The molecule has 1 N–H and O–H groups in total. The highest BCUT2D eigenvalue weighted by Gasteiger charge is 2.45. The molecule has 0 spiro atoms. The predicted octanol–water partition coefficient (Wildman–Crippen LogP) is 6.18. The molecule has 3 saturated heterocycles. The van der Waals surface area contributed by atoms with E-state index in [0.717, 1.165) is 0 Å². The molecule has 2 aromatic carbocycles. The number of halogens is 8. The van der Waals surface area contributed by atoms with Crippen molar-refractivity contribution >= 4 is 29.3 Å². The topological polar surface area (TPSA) is 79.0 Å². The van der Waals surface area contributed by atoms with Crippen LogP contribution < -0.4 is 5.32 Å². The average Bonchev–Trinajstić information content (AvgIpc) is 3.43. The van der Waals surface area contributed by atoms with Crippen LogP contribution in [0.4, 0.5) is 30.7 Å². The van der Waals surface area contributed by atoms with Crippen molar-refractivity contribution < 1.29 is 49.9 Å². The number of nitrogens with one attached hydrogen (secondary N) is 1. The number of carbonyl (C=O) groups is 3. The van der Waals surface area contributed by atoms with Gasteiger partial charge in [-0.25, -0.2) is 4.39 Å². The summed E-state index contributed by atoms with van der Waals surface area (Å²) in [4.78, 5) is 41.0. The Morgan fingerprint density at radius 1 is 0.979 bits per heavy atom. The number of rotatable bonds is 6. The van der Waals surface area contributed by atoms with E-state index in [1.807, 2.05) is 6.92 Å². The van der Waals surface area contributed by atoms with Gasteiger partial charge in [-0.05, 0) is 68.5 Å². The zero-order valence-electron chi connectivity index (χ0n) is 25.5. The van der Waals surface area contributed by atoms with Gasteiger partial charge >= 0.3 is 12.4 Å². The fourth-order valence-electron chi connectivity index (χ4n) is 6.16. The van der Waals surface area contributed by atoms with Crippen LogP contribution in [-0.4, -0.2) is 70.7 Å². The highest BCUT2D eigenvalue weighted by atomic mass is 35.5. The molecule has 3 heterocycles. The Kier molecular flexibility index (Phi) is 11.5. The van der Waals surface area contributed by atoms with E-state index in [1.54, 1.807) is 28.0 Å². The zero-order valence-corrected chi connectivity index (χ0v) is 26.2. The van der Waals surface area contributed by atoms with E-state index in [0.29, 0.717) is 50.9 Å². The van der Waals surface area contributed by atoms with Gasteiger partial charge in [-0.1, -0.05) is 18.2 Å². The Hall–Kier alpha value is -3.39. The van der Waals surface area contributed by atoms with Crippen LogP contribution in [0.25, 0.3) is 0 Å². The zero-order chi connectivity index (χ0) is 34.6. The highest BCUT2D eigenvalue weighted by Crippen LogP contribution is 2.38. The summed E-state index contributed by atoms with van der Waals surface area (Å²) in [6.07, 6.45) is -8.69. The molecule has 3 aliphatic heterocycles. The number of hydrogen-bond donors (Lipinski definition) is 1. The van der Waals surface area contributed by atoms with Crippen molar-refractivity contribution in [3.8, 4) is 0 Å². The first kappa shape index (κ1) is 36.4. The van der Waals surface area contributed by atoms with Crippen molar-refractivity contribution in [2.24, 2.45) is 5.92 Å². The first-order valence-electron chi connectivity index (χ1n) is 15.0. The quantitative estimate of drug-likeness (QED) is 0.290. The largest absolute Gasteiger partial charge is 0.416 e. The molecule has 7 nitrogen and oxygen atoms in total. The molecule has 5 rings (SSSR count). The Labute approximate surface area is 272 Å². The molecule has 3 aliphatic rings. The van der Waals surface area contributed by atoms with Gasteiger partial charge in [0.05, 0.1) is 23.8 Å². The van der Waals surface area contributed by atoms with Crippen LogP contribution in [0.2, 0.25) is 0 Å². The minimum absolute atomic E-state index is 0.0153. The van der Waals surface area contributed by atoms with Crippen molar-refractivity contribution in [2.75, 3.05) is 25.5 Å². The van der Waals surface area contributed by atoms with E-state index in [-0.39, 0.29) is 60.1 Å². The van der Waals surface area contributed by atoms with Crippen molar-refractivity contribution in [1.29, 1.82) is 0 Å². The number of benzene rings is 2. The lowest BCUT2D eigenvalue weighted by Gasteiger charge is -2.42. The van der Waals surface area contributed by atoms with Crippen LogP contribution in [0, 0.1) is 11.7 Å². The van der Waals surface area contributed by atoms with Gasteiger partial charge in [0, 0.05) is 43.6 Å². The van der Waals surface area contributed by atoms with E-state index >= 15 is 0 Å². The third-order valence-electron chi connectivity index (χ3n) is 8.63. The number of likely N-dealkylation sites (tertiary alicyclic amines) is 1. The van der Waals surface area contributed by atoms with E-state index in [4.69, 9.17) is 16.3 Å². The molecule has 47 heavy (non-hydrogen) atoms. The number of fused-ring (bicyclic) bond motifs is 1. The lowest BCUT2D eigenvalue weighted by molar-refractivity contribution is -0.147. The molecule has 0 aromatic heterocycles. The summed E-state index contributed by atoms with van der Waals surface area (Å²) in [6, 6.07) is 8.94. The maximum absolute atomic E-state index is 13.2. The van der Waals surface area contributed by atoms with Crippen LogP contribution in [0.1, 0.15) is 55.7 Å². The first-order chi connectivity index (χ1) is 22.0. The summed E-state index contributed by atoms with van der Waals surface area (Å²) in [5.74, 6) is -1.54. The molecular formula is C32H35ClF7N3O4. The van der Waals surface area contributed by atoms with Gasteiger partial charge in [0.25, 0.3) is 0 Å². The fourth-order valence-corrected chi connectivity index (χ4v) is 6.22. The van der Waals surface area contributed by atoms with E-state index < -0.39 is 47.6 Å². The van der Waals surface area contributed by atoms with Crippen molar-refractivity contribution in [3.63, 3.8) is 0 Å². The SMILES string of the molecule is CC1(NC(=O)CCl)CCN(C(=O)C2CC(=O)N3CC(OCc4cc(C(F)(F)F)cc(C(F)(F)F)c4)CC3C2)CC1.Fc1ccccc1. The number of nitrogens with zero attached hydrogens (tertiary/aromatic N) is 2. The predicted molar refractivity (Wildman–Crippen MR) is 157 cm³/mol. The number of alkyl halides is 7.